The molecule has 144 valence electrons. The van der Waals surface area contributed by atoms with Gasteiger partial charge >= 0.3 is 0 Å². The Morgan fingerprint density at radius 1 is 1.07 bits per heavy atom. The summed E-state index contributed by atoms with van der Waals surface area (Å²) in [6.07, 6.45) is 0.914. The van der Waals surface area contributed by atoms with Gasteiger partial charge in [-0.1, -0.05) is 0 Å². The monoisotopic (exact) mass is 368 g/mol. The summed E-state index contributed by atoms with van der Waals surface area (Å²) in [5.41, 5.74) is 3.10. The highest BCUT2D eigenvalue weighted by Crippen LogP contribution is 2.22. The van der Waals surface area contributed by atoms with Crippen LogP contribution in [0.2, 0.25) is 0 Å². The molecule has 0 atom stereocenters. The third-order valence-electron chi connectivity index (χ3n) is 4.88. The third-order valence-corrected chi connectivity index (χ3v) is 4.88. The summed E-state index contributed by atoms with van der Waals surface area (Å²) in [4.78, 5) is 26.4. The number of piperazine rings is 1. The first-order chi connectivity index (χ1) is 13.1. The van der Waals surface area contributed by atoms with Crippen molar-refractivity contribution in [2.45, 2.75) is 20.8 Å². The van der Waals surface area contributed by atoms with E-state index in [0.717, 1.165) is 62.9 Å². The second kappa shape index (κ2) is 8.70. The summed E-state index contributed by atoms with van der Waals surface area (Å²) < 4.78 is 0. The summed E-state index contributed by atoms with van der Waals surface area (Å²) in [5.74, 6) is 1.49. The first-order valence-electron chi connectivity index (χ1n) is 9.55. The molecule has 1 aromatic carbocycles. The number of carbonyl (C=O) groups excluding carboxylic acids is 1. The highest BCUT2D eigenvalue weighted by Gasteiger charge is 2.17. The Morgan fingerprint density at radius 2 is 1.74 bits per heavy atom. The van der Waals surface area contributed by atoms with Crippen LogP contribution in [-0.2, 0) is 4.79 Å². The molecule has 2 heterocycles. The molecule has 7 heteroatoms. The molecular weight excluding hydrogens is 340 g/mol. The highest BCUT2D eigenvalue weighted by molar-refractivity contribution is 5.60. The van der Waals surface area contributed by atoms with Gasteiger partial charge in [-0.15, -0.1) is 0 Å². The molecule has 1 amide bonds. The molecule has 0 saturated carbocycles. The van der Waals surface area contributed by atoms with E-state index in [4.69, 9.17) is 0 Å². The van der Waals surface area contributed by atoms with E-state index in [2.05, 4.69) is 63.2 Å². The van der Waals surface area contributed by atoms with Gasteiger partial charge in [0, 0.05) is 62.4 Å². The minimum Gasteiger partial charge on any atom is -0.372 e. The molecule has 1 aromatic heterocycles. The van der Waals surface area contributed by atoms with Gasteiger partial charge in [0.25, 0.3) is 0 Å². The van der Waals surface area contributed by atoms with Crippen molar-refractivity contribution in [2.75, 3.05) is 54.4 Å². The van der Waals surface area contributed by atoms with Crippen molar-refractivity contribution >= 4 is 29.6 Å². The topological polar surface area (TPSA) is 64.6 Å². The molecule has 1 aliphatic heterocycles. The lowest BCUT2D eigenvalue weighted by molar-refractivity contribution is -0.118. The Hall–Kier alpha value is -2.83. The van der Waals surface area contributed by atoms with E-state index in [1.54, 1.807) is 4.90 Å². The average molecular weight is 368 g/mol. The van der Waals surface area contributed by atoms with Crippen LogP contribution in [0.4, 0.5) is 23.1 Å². The molecule has 27 heavy (non-hydrogen) atoms. The number of amides is 1. The SMILES string of the molecule is CCN(CC)c1ccc(Nc2nc(C)cc(N3CCN(C=O)CC3)n2)cc1. The predicted octanol–water partition coefficient (Wildman–Crippen LogP) is 2.65. The zero-order valence-electron chi connectivity index (χ0n) is 16.4. The number of benzene rings is 1. The highest BCUT2D eigenvalue weighted by atomic mass is 16.1. The summed E-state index contributed by atoms with van der Waals surface area (Å²) in [5, 5.41) is 3.31. The van der Waals surface area contributed by atoms with Crippen LogP contribution >= 0.6 is 0 Å². The molecular formula is C20H28N6O. The maximum absolute atomic E-state index is 10.9. The first-order valence-corrected chi connectivity index (χ1v) is 9.55. The lowest BCUT2D eigenvalue weighted by Crippen LogP contribution is -2.46. The lowest BCUT2D eigenvalue weighted by Gasteiger charge is -2.33. The molecule has 0 bridgehead atoms. The van der Waals surface area contributed by atoms with E-state index in [1.807, 2.05) is 13.0 Å². The van der Waals surface area contributed by atoms with Gasteiger partial charge in [-0.05, 0) is 45.0 Å². The van der Waals surface area contributed by atoms with Crippen molar-refractivity contribution in [1.82, 2.24) is 14.9 Å². The minimum atomic E-state index is 0.596. The van der Waals surface area contributed by atoms with E-state index in [-0.39, 0.29) is 0 Å². The van der Waals surface area contributed by atoms with Crippen LogP contribution in [-0.4, -0.2) is 60.5 Å². The number of hydrogen-bond acceptors (Lipinski definition) is 6. The molecule has 2 aromatic rings. The van der Waals surface area contributed by atoms with Gasteiger partial charge < -0.3 is 20.0 Å². The maximum atomic E-state index is 10.9. The van der Waals surface area contributed by atoms with Gasteiger partial charge in [0.05, 0.1) is 0 Å². The van der Waals surface area contributed by atoms with Crippen LogP contribution < -0.4 is 15.1 Å². The van der Waals surface area contributed by atoms with Gasteiger partial charge in [0.1, 0.15) is 5.82 Å². The average Bonchev–Trinajstić information content (AvgIpc) is 2.70. The van der Waals surface area contributed by atoms with E-state index in [1.165, 1.54) is 5.69 Å². The van der Waals surface area contributed by atoms with Crippen LogP contribution in [0.5, 0.6) is 0 Å². The second-order valence-electron chi connectivity index (χ2n) is 6.66. The standard InChI is InChI=1S/C20H28N6O/c1-4-25(5-2)18-8-6-17(7-9-18)22-20-21-16(3)14-19(23-20)26-12-10-24(15-27)11-13-26/h6-9,14-15H,4-5,10-13H2,1-3H3,(H,21,22,23). The Bertz CT molecular complexity index is 752. The molecule has 0 aliphatic carbocycles. The van der Waals surface area contributed by atoms with Crippen molar-refractivity contribution in [2.24, 2.45) is 0 Å². The number of nitrogens with one attached hydrogen (secondary N) is 1. The fourth-order valence-electron chi connectivity index (χ4n) is 3.30. The van der Waals surface area contributed by atoms with Gasteiger partial charge in [-0.3, -0.25) is 4.79 Å². The van der Waals surface area contributed by atoms with Crippen molar-refractivity contribution in [3.63, 3.8) is 0 Å². The zero-order chi connectivity index (χ0) is 19.2. The minimum absolute atomic E-state index is 0.596. The van der Waals surface area contributed by atoms with Crippen molar-refractivity contribution in [3.05, 3.63) is 36.0 Å². The van der Waals surface area contributed by atoms with E-state index in [0.29, 0.717) is 5.95 Å². The molecule has 3 rings (SSSR count). The zero-order valence-corrected chi connectivity index (χ0v) is 16.4. The molecule has 0 radical (unpaired) electrons. The number of carbonyl (C=O) groups is 1. The number of aromatic nitrogens is 2. The summed E-state index contributed by atoms with van der Waals surface area (Å²) in [7, 11) is 0. The lowest BCUT2D eigenvalue weighted by atomic mass is 10.2. The van der Waals surface area contributed by atoms with E-state index in [9.17, 15) is 4.79 Å². The predicted molar refractivity (Wildman–Crippen MR) is 110 cm³/mol. The van der Waals surface area contributed by atoms with Crippen molar-refractivity contribution in [3.8, 4) is 0 Å². The summed E-state index contributed by atoms with van der Waals surface area (Å²) >= 11 is 0. The Labute approximate surface area is 161 Å². The van der Waals surface area contributed by atoms with E-state index < -0.39 is 0 Å². The van der Waals surface area contributed by atoms with Gasteiger partial charge in [-0.25, -0.2) is 4.98 Å². The largest absolute Gasteiger partial charge is 0.372 e. The van der Waals surface area contributed by atoms with Crippen molar-refractivity contribution < 1.29 is 4.79 Å². The van der Waals surface area contributed by atoms with Gasteiger partial charge in [0.15, 0.2) is 0 Å². The fourth-order valence-corrected chi connectivity index (χ4v) is 3.30. The van der Waals surface area contributed by atoms with Gasteiger partial charge in [0.2, 0.25) is 12.4 Å². The number of nitrogens with zero attached hydrogens (tertiary/aromatic N) is 5. The summed E-state index contributed by atoms with van der Waals surface area (Å²) in [6.45, 7) is 11.3. The van der Waals surface area contributed by atoms with Crippen LogP contribution in [0.15, 0.2) is 30.3 Å². The van der Waals surface area contributed by atoms with Crippen molar-refractivity contribution in [1.29, 1.82) is 0 Å². The fraction of sp³-hybridized carbons (Fsp3) is 0.450. The molecule has 1 N–H and O–H groups in total. The molecule has 0 unspecified atom stereocenters. The second-order valence-corrected chi connectivity index (χ2v) is 6.66. The first kappa shape index (κ1) is 18.9. The number of aryl methyl sites for hydroxylation is 1. The molecule has 1 fully saturated rings. The van der Waals surface area contributed by atoms with Crippen LogP contribution in [0, 0.1) is 6.92 Å². The Morgan fingerprint density at radius 3 is 2.33 bits per heavy atom. The smallest absolute Gasteiger partial charge is 0.229 e. The normalized spacial score (nSPS) is 14.2. The number of anilines is 4. The molecule has 1 saturated heterocycles. The Kier molecular flexibility index (Phi) is 6.11. The molecule has 7 nitrogen and oxygen atoms in total. The quantitative estimate of drug-likeness (QED) is 0.758. The molecule has 0 spiro atoms. The summed E-state index contributed by atoms with van der Waals surface area (Å²) in [6, 6.07) is 10.3. The molecule has 1 aliphatic rings. The van der Waals surface area contributed by atoms with Crippen LogP contribution in [0.1, 0.15) is 19.5 Å². The number of hydrogen-bond donors (Lipinski definition) is 1. The Balaban J connectivity index is 1.72. The number of rotatable bonds is 7. The van der Waals surface area contributed by atoms with E-state index >= 15 is 0 Å². The van der Waals surface area contributed by atoms with Gasteiger partial charge in [-0.2, -0.15) is 4.98 Å². The van der Waals surface area contributed by atoms with Crippen LogP contribution in [0.25, 0.3) is 0 Å². The van der Waals surface area contributed by atoms with Crippen LogP contribution in [0.3, 0.4) is 0 Å². The maximum Gasteiger partial charge on any atom is 0.229 e. The third kappa shape index (κ3) is 4.67.